The summed E-state index contributed by atoms with van der Waals surface area (Å²) in [4.78, 5) is 32.7. The highest BCUT2D eigenvalue weighted by Gasteiger charge is 2.13. The van der Waals surface area contributed by atoms with Crippen molar-refractivity contribution in [3.8, 4) is 0 Å². The number of aromatic nitrogens is 3. The van der Waals surface area contributed by atoms with Crippen LogP contribution in [-0.4, -0.2) is 20.4 Å². The van der Waals surface area contributed by atoms with Gasteiger partial charge in [0.25, 0.3) is 5.56 Å². The molecule has 2 heterocycles. The Hall–Kier alpha value is -3.12. The van der Waals surface area contributed by atoms with Gasteiger partial charge in [-0.15, -0.1) is 0 Å². The van der Waals surface area contributed by atoms with Gasteiger partial charge in [0.2, 0.25) is 5.91 Å². The topological polar surface area (TPSA) is 79.8 Å². The van der Waals surface area contributed by atoms with Gasteiger partial charge in [0.1, 0.15) is 17.6 Å². The molecular weight excluding hydrogens is 364 g/mol. The standard InChI is InChI=1S/C20H17ClN4O2/c1-11-3-5-16-14(7-11)18-19(24-16)20(27)25(10-22-18)9-17(26)23-15-6-4-13(21)8-12(15)2/h3-8,10,24H,9H2,1-2H3,(H,23,26). The highest BCUT2D eigenvalue weighted by molar-refractivity contribution is 6.30. The van der Waals surface area contributed by atoms with Crippen molar-refractivity contribution >= 4 is 45.1 Å². The maximum atomic E-state index is 12.8. The van der Waals surface area contributed by atoms with E-state index in [0.29, 0.717) is 21.7 Å². The van der Waals surface area contributed by atoms with Crippen molar-refractivity contribution in [1.29, 1.82) is 0 Å². The summed E-state index contributed by atoms with van der Waals surface area (Å²) in [6.45, 7) is 3.72. The highest BCUT2D eigenvalue weighted by atomic mass is 35.5. The molecule has 4 aromatic rings. The minimum absolute atomic E-state index is 0.127. The molecule has 4 rings (SSSR count). The first-order chi connectivity index (χ1) is 12.9. The summed E-state index contributed by atoms with van der Waals surface area (Å²) < 4.78 is 1.30. The highest BCUT2D eigenvalue weighted by Crippen LogP contribution is 2.22. The van der Waals surface area contributed by atoms with Gasteiger partial charge in [0.15, 0.2) is 0 Å². The van der Waals surface area contributed by atoms with Gasteiger partial charge in [0, 0.05) is 21.6 Å². The van der Waals surface area contributed by atoms with Crippen LogP contribution in [0.5, 0.6) is 0 Å². The minimum atomic E-state index is -0.310. The molecule has 0 fully saturated rings. The molecule has 6 nitrogen and oxygen atoms in total. The van der Waals surface area contributed by atoms with E-state index in [9.17, 15) is 9.59 Å². The molecule has 0 aliphatic heterocycles. The van der Waals surface area contributed by atoms with Crippen molar-refractivity contribution in [3.05, 3.63) is 69.2 Å². The lowest BCUT2D eigenvalue weighted by molar-refractivity contribution is -0.116. The Labute approximate surface area is 159 Å². The van der Waals surface area contributed by atoms with Crippen molar-refractivity contribution in [1.82, 2.24) is 14.5 Å². The number of carbonyl (C=O) groups is 1. The molecule has 2 aromatic heterocycles. The van der Waals surface area contributed by atoms with Crippen LogP contribution in [0.4, 0.5) is 5.69 Å². The van der Waals surface area contributed by atoms with Gasteiger partial charge in [-0.05, 0) is 49.7 Å². The van der Waals surface area contributed by atoms with E-state index in [1.165, 1.54) is 10.9 Å². The van der Waals surface area contributed by atoms with Gasteiger partial charge < -0.3 is 10.3 Å². The van der Waals surface area contributed by atoms with Crippen molar-refractivity contribution in [3.63, 3.8) is 0 Å². The maximum absolute atomic E-state index is 12.8. The van der Waals surface area contributed by atoms with Crippen LogP contribution in [0.2, 0.25) is 5.02 Å². The normalized spacial score (nSPS) is 11.2. The molecule has 0 bridgehead atoms. The number of aromatic amines is 1. The Morgan fingerprint density at radius 1 is 1.22 bits per heavy atom. The van der Waals surface area contributed by atoms with E-state index in [4.69, 9.17) is 11.6 Å². The summed E-state index contributed by atoms with van der Waals surface area (Å²) in [6.07, 6.45) is 1.41. The molecule has 0 spiro atoms. The van der Waals surface area contributed by atoms with Crippen LogP contribution in [0.1, 0.15) is 11.1 Å². The van der Waals surface area contributed by atoms with E-state index in [1.54, 1.807) is 18.2 Å². The minimum Gasteiger partial charge on any atom is -0.349 e. The van der Waals surface area contributed by atoms with Gasteiger partial charge in [-0.3, -0.25) is 14.2 Å². The SMILES string of the molecule is Cc1ccc2[nH]c3c(=O)n(CC(=O)Nc4ccc(Cl)cc4C)cnc3c2c1. The molecule has 136 valence electrons. The summed E-state index contributed by atoms with van der Waals surface area (Å²) in [5, 5.41) is 4.30. The third kappa shape index (κ3) is 3.19. The summed E-state index contributed by atoms with van der Waals surface area (Å²) in [6, 6.07) is 11.1. The Balaban J connectivity index is 1.65. The van der Waals surface area contributed by atoms with Gasteiger partial charge >= 0.3 is 0 Å². The van der Waals surface area contributed by atoms with Gasteiger partial charge in [-0.25, -0.2) is 4.98 Å². The first-order valence-electron chi connectivity index (χ1n) is 8.46. The number of carbonyl (C=O) groups excluding carboxylic acids is 1. The Morgan fingerprint density at radius 2 is 2.04 bits per heavy atom. The number of hydrogen-bond donors (Lipinski definition) is 2. The lowest BCUT2D eigenvalue weighted by atomic mass is 10.2. The number of halogens is 1. The molecule has 0 atom stereocenters. The molecule has 0 aliphatic carbocycles. The molecule has 0 saturated heterocycles. The number of aryl methyl sites for hydroxylation is 2. The molecular formula is C20H17ClN4O2. The van der Waals surface area contributed by atoms with Gasteiger partial charge in [0.05, 0.1) is 6.33 Å². The second-order valence-electron chi connectivity index (χ2n) is 6.58. The van der Waals surface area contributed by atoms with Crippen molar-refractivity contribution in [2.45, 2.75) is 20.4 Å². The Kier molecular flexibility index (Phi) is 4.20. The van der Waals surface area contributed by atoms with Crippen LogP contribution in [0, 0.1) is 13.8 Å². The fourth-order valence-corrected chi connectivity index (χ4v) is 3.35. The zero-order chi connectivity index (χ0) is 19.1. The molecule has 0 aliphatic rings. The Bertz CT molecular complexity index is 1260. The Morgan fingerprint density at radius 3 is 2.81 bits per heavy atom. The number of hydrogen-bond acceptors (Lipinski definition) is 3. The number of H-pyrrole nitrogens is 1. The summed E-state index contributed by atoms with van der Waals surface area (Å²) >= 11 is 5.93. The van der Waals surface area contributed by atoms with E-state index in [1.807, 2.05) is 32.0 Å². The molecule has 7 heteroatoms. The third-order valence-corrected chi connectivity index (χ3v) is 4.74. The second kappa shape index (κ2) is 6.55. The molecule has 27 heavy (non-hydrogen) atoms. The first-order valence-corrected chi connectivity index (χ1v) is 8.83. The number of benzene rings is 2. The predicted molar refractivity (Wildman–Crippen MR) is 107 cm³/mol. The van der Waals surface area contributed by atoms with Gasteiger partial charge in [-0.1, -0.05) is 23.2 Å². The van der Waals surface area contributed by atoms with E-state index >= 15 is 0 Å². The predicted octanol–water partition coefficient (Wildman–Crippen LogP) is 3.79. The number of amides is 1. The van der Waals surface area contributed by atoms with Crippen LogP contribution in [0.3, 0.4) is 0 Å². The molecule has 2 aromatic carbocycles. The van der Waals surface area contributed by atoms with Crippen molar-refractivity contribution in [2.24, 2.45) is 0 Å². The monoisotopic (exact) mass is 380 g/mol. The zero-order valence-corrected chi connectivity index (χ0v) is 15.6. The molecule has 1 amide bonds. The zero-order valence-electron chi connectivity index (χ0n) is 14.8. The number of rotatable bonds is 3. The van der Waals surface area contributed by atoms with Crippen LogP contribution in [-0.2, 0) is 11.3 Å². The van der Waals surface area contributed by atoms with Crippen molar-refractivity contribution in [2.75, 3.05) is 5.32 Å². The number of nitrogens with one attached hydrogen (secondary N) is 2. The van der Waals surface area contributed by atoms with E-state index < -0.39 is 0 Å². The van der Waals surface area contributed by atoms with E-state index in [2.05, 4.69) is 15.3 Å². The quantitative estimate of drug-likeness (QED) is 0.567. The smallest absolute Gasteiger partial charge is 0.278 e. The van der Waals surface area contributed by atoms with Crippen LogP contribution < -0.4 is 10.9 Å². The summed E-state index contributed by atoms with van der Waals surface area (Å²) in [5.41, 5.74) is 4.18. The average molecular weight is 381 g/mol. The maximum Gasteiger partial charge on any atom is 0.278 e. The molecule has 0 radical (unpaired) electrons. The third-order valence-electron chi connectivity index (χ3n) is 4.50. The number of nitrogens with zero attached hydrogens (tertiary/aromatic N) is 2. The fourth-order valence-electron chi connectivity index (χ4n) is 3.13. The van der Waals surface area contributed by atoms with Gasteiger partial charge in [-0.2, -0.15) is 0 Å². The molecule has 2 N–H and O–H groups in total. The number of anilines is 1. The van der Waals surface area contributed by atoms with Crippen molar-refractivity contribution < 1.29 is 4.79 Å². The second-order valence-corrected chi connectivity index (χ2v) is 7.02. The van der Waals surface area contributed by atoms with Crippen LogP contribution >= 0.6 is 11.6 Å². The summed E-state index contributed by atoms with van der Waals surface area (Å²) in [5.74, 6) is -0.310. The molecule has 0 unspecified atom stereocenters. The summed E-state index contributed by atoms with van der Waals surface area (Å²) in [7, 11) is 0. The first kappa shape index (κ1) is 17.3. The largest absolute Gasteiger partial charge is 0.349 e. The molecule has 0 saturated carbocycles. The lowest BCUT2D eigenvalue weighted by Gasteiger charge is -2.09. The fraction of sp³-hybridized carbons (Fsp3) is 0.150. The number of fused-ring (bicyclic) bond motifs is 3. The average Bonchev–Trinajstić information content (AvgIpc) is 2.98. The van der Waals surface area contributed by atoms with E-state index in [-0.39, 0.29) is 18.0 Å². The van der Waals surface area contributed by atoms with Crippen LogP contribution in [0.25, 0.3) is 21.9 Å². The lowest BCUT2D eigenvalue weighted by Crippen LogP contribution is -2.28. The van der Waals surface area contributed by atoms with Crippen LogP contribution in [0.15, 0.2) is 47.5 Å². The van der Waals surface area contributed by atoms with E-state index in [0.717, 1.165) is 22.0 Å².